The molecule has 1 saturated heterocycles. The summed E-state index contributed by atoms with van der Waals surface area (Å²) in [6, 6.07) is 0.440. The van der Waals surface area contributed by atoms with E-state index in [9.17, 15) is 0 Å². The first kappa shape index (κ1) is 14.8. The average molecular weight is 278 g/mol. The highest BCUT2D eigenvalue weighted by molar-refractivity contribution is 5.44. The maximum atomic E-state index is 5.88. The van der Waals surface area contributed by atoms with Gasteiger partial charge in [-0.15, -0.1) is 0 Å². The molecule has 0 radical (unpaired) electrons. The lowest BCUT2D eigenvalue weighted by atomic mass is 9.92. The highest BCUT2D eigenvalue weighted by atomic mass is 15.4. The quantitative estimate of drug-likeness (QED) is 0.907. The zero-order valence-corrected chi connectivity index (χ0v) is 13.0. The Kier molecular flexibility index (Phi) is 4.62. The summed E-state index contributed by atoms with van der Waals surface area (Å²) < 4.78 is 0. The van der Waals surface area contributed by atoms with Gasteiger partial charge in [0.05, 0.1) is 0 Å². The van der Waals surface area contributed by atoms with Crippen LogP contribution >= 0.6 is 0 Å². The number of aromatic nitrogens is 3. The Morgan fingerprint density at radius 3 is 2.55 bits per heavy atom. The molecule has 0 aliphatic carbocycles. The molecule has 0 amide bonds. The van der Waals surface area contributed by atoms with Gasteiger partial charge in [-0.2, -0.15) is 15.0 Å². The summed E-state index contributed by atoms with van der Waals surface area (Å²) in [6.45, 7) is 11.4. The molecular formula is C14H26N6. The minimum atomic E-state index is 0.308. The summed E-state index contributed by atoms with van der Waals surface area (Å²) >= 11 is 0. The van der Waals surface area contributed by atoms with Gasteiger partial charge in [0.2, 0.25) is 17.8 Å². The molecule has 20 heavy (non-hydrogen) atoms. The molecule has 0 saturated carbocycles. The van der Waals surface area contributed by atoms with Crippen molar-refractivity contribution >= 4 is 17.8 Å². The van der Waals surface area contributed by atoms with Crippen LogP contribution in [-0.4, -0.2) is 40.6 Å². The third-order valence-corrected chi connectivity index (χ3v) is 4.31. The molecule has 6 nitrogen and oxygen atoms in total. The van der Waals surface area contributed by atoms with Crippen molar-refractivity contribution in [3.8, 4) is 0 Å². The topological polar surface area (TPSA) is 71.2 Å². The first-order valence-electron chi connectivity index (χ1n) is 7.59. The molecular weight excluding hydrogens is 252 g/mol. The van der Waals surface area contributed by atoms with Crippen LogP contribution in [0.3, 0.4) is 0 Å². The second-order valence-corrected chi connectivity index (χ2v) is 5.52. The Morgan fingerprint density at radius 2 is 1.90 bits per heavy atom. The van der Waals surface area contributed by atoms with Crippen molar-refractivity contribution in [2.45, 2.75) is 46.6 Å². The van der Waals surface area contributed by atoms with Gasteiger partial charge in [-0.25, -0.2) is 0 Å². The molecule has 1 aromatic rings. The fourth-order valence-electron chi connectivity index (χ4n) is 2.76. The number of hydrogen-bond donors (Lipinski definition) is 1. The van der Waals surface area contributed by atoms with E-state index in [2.05, 4.69) is 52.4 Å². The van der Waals surface area contributed by atoms with Crippen molar-refractivity contribution in [2.24, 2.45) is 5.92 Å². The van der Waals surface area contributed by atoms with Crippen LogP contribution in [0.5, 0.6) is 0 Å². The average Bonchev–Trinajstić information content (AvgIpc) is 2.42. The maximum Gasteiger partial charge on any atom is 0.232 e. The predicted molar refractivity (Wildman–Crippen MR) is 83.0 cm³/mol. The van der Waals surface area contributed by atoms with Gasteiger partial charge in [0.15, 0.2) is 0 Å². The van der Waals surface area contributed by atoms with Gasteiger partial charge in [0, 0.05) is 25.7 Å². The summed E-state index contributed by atoms with van der Waals surface area (Å²) in [7, 11) is 0. The van der Waals surface area contributed by atoms with E-state index in [1.54, 1.807) is 0 Å². The second-order valence-electron chi connectivity index (χ2n) is 5.52. The van der Waals surface area contributed by atoms with E-state index in [4.69, 9.17) is 5.73 Å². The molecule has 2 atom stereocenters. The largest absolute Gasteiger partial charge is 0.368 e. The minimum Gasteiger partial charge on any atom is -0.368 e. The molecule has 6 heteroatoms. The van der Waals surface area contributed by atoms with E-state index in [0.29, 0.717) is 23.9 Å². The molecule has 1 fully saturated rings. The highest BCUT2D eigenvalue weighted by Crippen LogP contribution is 2.27. The Balaban J connectivity index is 2.31. The van der Waals surface area contributed by atoms with Gasteiger partial charge >= 0.3 is 0 Å². The van der Waals surface area contributed by atoms with Gasteiger partial charge in [-0.3, -0.25) is 0 Å². The highest BCUT2D eigenvalue weighted by Gasteiger charge is 2.27. The maximum absolute atomic E-state index is 5.88. The molecule has 2 unspecified atom stereocenters. The van der Waals surface area contributed by atoms with Crippen molar-refractivity contribution in [1.29, 1.82) is 0 Å². The number of piperidine rings is 1. The third-order valence-electron chi connectivity index (χ3n) is 4.31. The van der Waals surface area contributed by atoms with Gasteiger partial charge in [-0.05, 0) is 39.5 Å². The third kappa shape index (κ3) is 2.94. The normalized spacial score (nSPS) is 22.9. The number of hydrogen-bond acceptors (Lipinski definition) is 6. The first-order valence-corrected chi connectivity index (χ1v) is 7.59. The molecule has 0 bridgehead atoms. The van der Waals surface area contributed by atoms with Crippen molar-refractivity contribution in [3.05, 3.63) is 0 Å². The molecule has 1 aliphatic heterocycles. The van der Waals surface area contributed by atoms with Crippen molar-refractivity contribution in [3.63, 3.8) is 0 Å². The first-order chi connectivity index (χ1) is 9.56. The number of rotatable bonds is 4. The van der Waals surface area contributed by atoms with Crippen LogP contribution in [-0.2, 0) is 0 Å². The van der Waals surface area contributed by atoms with E-state index >= 15 is 0 Å². The SMILES string of the molecule is CCN(CC)c1nc(N)nc(N2CCCC(C)C2C)n1. The van der Waals surface area contributed by atoms with E-state index in [1.165, 1.54) is 12.8 Å². The van der Waals surface area contributed by atoms with E-state index < -0.39 is 0 Å². The fourth-order valence-corrected chi connectivity index (χ4v) is 2.76. The van der Waals surface area contributed by atoms with Gasteiger partial charge in [0.25, 0.3) is 0 Å². The number of nitrogens with two attached hydrogens (primary N) is 1. The van der Waals surface area contributed by atoms with Crippen LogP contribution in [0.1, 0.15) is 40.5 Å². The van der Waals surface area contributed by atoms with E-state index in [1.807, 2.05) is 0 Å². The van der Waals surface area contributed by atoms with Crippen LogP contribution in [0.25, 0.3) is 0 Å². The summed E-state index contributed by atoms with van der Waals surface area (Å²) in [5.74, 6) is 2.36. The van der Waals surface area contributed by atoms with Crippen molar-refractivity contribution in [2.75, 3.05) is 35.2 Å². The molecule has 2 heterocycles. The molecule has 1 aliphatic rings. The van der Waals surface area contributed by atoms with Gasteiger partial charge in [-0.1, -0.05) is 6.92 Å². The lowest BCUT2D eigenvalue weighted by Gasteiger charge is -2.38. The lowest BCUT2D eigenvalue weighted by molar-refractivity contribution is 0.359. The second kappa shape index (κ2) is 6.24. The van der Waals surface area contributed by atoms with Crippen LogP contribution < -0.4 is 15.5 Å². The van der Waals surface area contributed by atoms with Crippen molar-refractivity contribution in [1.82, 2.24) is 15.0 Å². The monoisotopic (exact) mass is 278 g/mol. The molecule has 0 aromatic carbocycles. The summed E-state index contributed by atoms with van der Waals surface area (Å²) in [5.41, 5.74) is 5.88. The predicted octanol–water partition coefficient (Wildman–Crippen LogP) is 1.92. The number of anilines is 3. The van der Waals surface area contributed by atoms with Crippen LogP contribution in [0, 0.1) is 5.92 Å². The molecule has 1 aromatic heterocycles. The Hall–Kier alpha value is -1.59. The number of nitrogens with zero attached hydrogens (tertiary/aromatic N) is 5. The zero-order valence-electron chi connectivity index (χ0n) is 13.0. The molecule has 0 spiro atoms. The van der Waals surface area contributed by atoms with Crippen molar-refractivity contribution < 1.29 is 0 Å². The van der Waals surface area contributed by atoms with Crippen LogP contribution in [0.15, 0.2) is 0 Å². The standard InChI is InChI=1S/C14H26N6/c1-5-19(6-2)13-16-12(15)17-14(18-13)20-9-7-8-10(3)11(20)4/h10-11H,5-9H2,1-4H3,(H2,15,16,17,18). The van der Waals surface area contributed by atoms with Gasteiger partial charge in [0.1, 0.15) is 0 Å². The molecule has 112 valence electrons. The summed E-state index contributed by atoms with van der Waals surface area (Å²) in [5, 5.41) is 0. The number of nitrogen functional groups attached to an aromatic ring is 1. The summed E-state index contributed by atoms with van der Waals surface area (Å²) in [4.78, 5) is 17.6. The fraction of sp³-hybridized carbons (Fsp3) is 0.786. The van der Waals surface area contributed by atoms with Gasteiger partial charge < -0.3 is 15.5 Å². The van der Waals surface area contributed by atoms with E-state index in [-0.39, 0.29) is 0 Å². The van der Waals surface area contributed by atoms with Crippen LogP contribution in [0.2, 0.25) is 0 Å². The summed E-state index contributed by atoms with van der Waals surface area (Å²) in [6.07, 6.45) is 2.44. The minimum absolute atomic E-state index is 0.308. The molecule has 2 rings (SSSR count). The Bertz CT molecular complexity index is 445. The Labute approximate surface area is 121 Å². The van der Waals surface area contributed by atoms with E-state index in [0.717, 1.165) is 25.6 Å². The molecule has 2 N–H and O–H groups in total. The lowest BCUT2D eigenvalue weighted by Crippen LogP contribution is -2.43. The zero-order chi connectivity index (χ0) is 14.7. The Morgan fingerprint density at radius 1 is 1.20 bits per heavy atom. The smallest absolute Gasteiger partial charge is 0.232 e. The van der Waals surface area contributed by atoms with Crippen LogP contribution in [0.4, 0.5) is 17.8 Å².